The first-order chi connectivity index (χ1) is 10.8. The van der Waals surface area contributed by atoms with E-state index in [9.17, 15) is 14.9 Å². The summed E-state index contributed by atoms with van der Waals surface area (Å²) in [5.74, 6) is -0.303. The number of amides is 1. The summed E-state index contributed by atoms with van der Waals surface area (Å²) in [6.07, 6.45) is 3.52. The van der Waals surface area contributed by atoms with E-state index in [4.69, 9.17) is 11.6 Å². The molecule has 0 aliphatic heterocycles. The van der Waals surface area contributed by atoms with E-state index in [1.807, 2.05) is 6.92 Å². The van der Waals surface area contributed by atoms with E-state index in [1.54, 1.807) is 6.20 Å². The Morgan fingerprint density at radius 2 is 2.09 bits per heavy atom. The molecule has 1 N–H and O–H groups in total. The van der Waals surface area contributed by atoms with Crippen molar-refractivity contribution in [2.24, 2.45) is 0 Å². The molecule has 7 nitrogen and oxygen atoms in total. The van der Waals surface area contributed by atoms with Crippen molar-refractivity contribution in [1.82, 2.24) is 9.78 Å². The summed E-state index contributed by atoms with van der Waals surface area (Å²) in [5, 5.41) is 18.1. The molecule has 10 heteroatoms. The molecule has 2 rings (SSSR count). The highest BCUT2D eigenvalue weighted by molar-refractivity contribution is 9.11. The lowest BCUT2D eigenvalue weighted by atomic mass is 10.2. The lowest BCUT2D eigenvalue weighted by Crippen LogP contribution is -2.26. The molecule has 1 heterocycles. The standard InChI is InChI=1S/C13H11Br2ClN4O3/c1-2-11(19-6-7(16)5-17-19)13(21)18-12-9(14)3-8(20(22)23)4-10(12)15/h3-6,11H,2H2,1H3,(H,18,21). The second kappa shape index (κ2) is 7.41. The third-order valence-electron chi connectivity index (χ3n) is 3.06. The van der Waals surface area contributed by atoms with Crippen molar-refractivity contribution in [1.29, 1.82) is 0 Å². The molecular formula is C13H11Br2ClN4O3. The molecule has 1 unspecified atom stereocenters. The van der Waals surface area contributed by atoms with Gasteiger partial charge in [0.1, 0.15) is 6.04 Å². The second-order valence-electron chi connectivity index (χ2n) is 4.59. The van der Waals surface area contributed by atoms with Crippen LogP contribution in [0.15, 0.2) is 33.5 Å². The maximum absolute atomic E-state index is 12.5. The number of halogens is 3. The second-order valence-corrected chi connectivity index (χ2v) is 6.74. The molecule has 0 fully saturated rings. The molecule has 1 atom stereocenters. The van der Waals surface area contributed by atoms with Crippen LogP contribution in [-0.2, 0) is 4.79 Å². The van der Waals surface area contributed by atoms with Crippen LogP contribution in [0.3, 0.4) is 0 Å². The number of rotatable bonds is 5. The lowest BCUT2D eigenvalue weighted by molar-refractivity contribution is -0.385. The highest BCUT2D eigenvalue weighted by Crippen LogP contribution is 2.35. The zero-order valence-electron chi connectivity index (χ0n) is 11.8. The van der Waals surface area contributed by atoms with Crippen LogP contribution >= 0.6 is 43.5 Å². The number of non-ortho nitro benzene ring substituents is 1. The van der Waals surface area contributed by atoms with Gasteiger partial charge in [-0.3, -0.25) is 19.6 Å². The normalized spacial score (nSPS) is 12.0. The Labute approximate surface area is 153 Å². The molecule has 0 saturated heterocycles. The summed E-state index contributed by atoms with van der Waals surface area (Å²) in [6, 6.07) is 2.11. The number of nitrogens with zero attached hydrogens (tertiary/aromatic N) is 3. The first-order valence-corrected chi connectivity index (χ1v) is 8.43. The molecule has 2 aromatic rings. The van der Waals surface area contributed by atoms with Gasteiger partial charge in [0.05, 0.1) is 21.8 Å². The topological polar surface area (TPSA) is 90.1 Å². The van der Waals surface area contributed by atoms with Crippen molar-refractivity contribution in [3.8, 4) is 0 Å². The van der Waals surface area contributed by atoms with E-state index in [2.05, 4.69) is 42.3 Å². The van der Waals surface area contributed by atoms with Crippen LogP contribution in [-0.4, -0.2) is 20.6 Å². The molecule has 0 aliphatic rings. The van der Waals surface area contributed by atoms with Gasteiger partial charge in [0.15, 0.2) is 0 Å². The van der Waals surface area contributed by atoms with Crippen LogP contribution < -0.4 is 5.32 Å². The van der Waals surface area contributed by atoms with Crippen LogP contribution in [0, 0.1) is 10.1 Å². The Bertz CT molecular complexity index is 742. The van der Waals surface area contributed by atoms with Crippen LogP contribution in [0.4, 0.5) is 11.4 Å². The molecule has 0 aliphatic carbocycles. The summed E-state index contributed by atoms with van der Waals surface area (Å²) in [6.45, 7) is 1.85. The predicted octanol–water partition coefficient (Wildman–Crippen LogP) is 4.56. The van der Waals surface area contributed by atoms with Gasteiger partial charge in [0.2, 0.25) is 5.91 Å². The van der Waals surface area contributed by atoms with Gasteiger partial charge in [-0.1, -0.05) is 18.5 Å². The van der Waals surface area contributed by atoms with Gasteiger partial charge < -0.3 is 5.32 Å². The van der Waals surface area contributed by atoms with Crippen molar-refractivity contribution in [2.45, 2.75) is 19.4 Å². The van der Waals surface area contributed by atoms with E-state index in [0.717, 1.165) is 0 Å². The number of aromatic nitrogens is 2. The van der Waals surface area contributed by atoms with Crippen LogP contribution in [0.1, 0.15) is 19.4 Å². The van der Waals surface area contributed by atoms with Gasteiger partial charge in [-0.25, -0.2) is 0 Å². The highest BCUT2D eigenvalue weighted by atomic mass is 79.9. The smallest absolute Gasteiger partial charge is 0.271 e. The van der Waals surface area contributed by atoms with Gasteiger partial charge in [0.25, 0.3) is 5.69 Å². The van der Waals surface area contributed by atoms with E-state index in [-0.39, 0.29) is 11.6 Å². The highest BCUT2D eigenvalue weighted by Gasteiger charge is 2.22. The number of hydrogen-bond acceptors (Lipinski definition) is 4. The van der Waals surface area contributed by atoms with Crippen LogP contribution in [0.5, 0.6) is 0 Å². The molecule has 0 bridgehead atoms. The number of anilines is 1. The molecule has 1 amide bonds. The molecule has 1 aromatic heterocycles. The maximum Gasteiger partial charge on any atom is 0.271 e. The van der Waals surface area contributed by atoms with Crippen molar-refractivity contribution < 1.29 is 9.72 Å². The van der Waals surface area contributed by atoms with E-state index < -0.39 is 11.0 Å². The van der Waals surface area contributed by atoms with Gasteiger partial charge >= 0.3 is 0 Å². The Hall–Kier alpha value is -1.45. The number of benzene rings is 1. The average Bonchev–Trinajstić information content (AvgIpc) is 2.89. The minimum absolute atomic E-state index is 0.0901. The Kier molecular flexibility index (Phi) is 5.77. The van der Waals surface area contributed by atoms with E-state index in [1.165, 1.54) is 23.0 Å². The van der Waals surface area contributed by atoms with Crippen LogP contribution in [0.2, 0.25) is 5.02 Å². The molecule has 1 aromatic carbocycles. The monoisotopic (exact) mass is 464 g/mol. The van der Waals surface area contributed by atoms with Gasteiger partial charge in [-0.15, -0.1) is 0 Å². The molecule has 122 valence electrons. The van der Waals surface area contributed by atoms with Crippen molar-refractivity contribution in [3.63, 3.8) is 0 Å². The van der Waals surface area contributed by atoms with Gasteiger partial charge in [-0.2, -0.15) is 5.10 Å². The van der Waals surface area contributed by atoms with Gasteiger partial charge in [-0.05, 0) is 38.3 Å². The number of carbonyl (C=O) groups excluding carboxylic acids is 1. The zero-order valence-corrected chi connectivity index (χ0v) is 15.7. The minimum Gasteiger partial charge on any atom is -0.322 e. The first kappa shape index (κ1) is 17.9. The third kappa shape index (κ3) is 4.10. The van der Waals surface area contributed by atoms with Crippen LogP contribution in [0.25, 0.3) is 0 Å². The van der Waals surface area contributed by atoms with E-state index >= 15 is 0 Å². The number of nitro benzene ring substituents is 1. The fourth-order valence-corrected chi connectivity index (χ4v) is 3.47. The van der Waals surface area contributed by atoms with Gasteiger partial charge in [0, 0.05) is 27.3 Å². The van der Waals surface area contributed by atoms with E-state index in [0.29, 0.717) is 26.1 Å². The molecular weight excluding hydrogens is 455 g/mol. The Morgan fingerprint density at radius 1 is 1.48 bits per heavy atom. The average molecular weight is 467 g/mol. The number of carbonyl (C=O) groups is 1. The summed E-state index contributed by atoms with van der Waals surface area (Å²) in [5.41, 5.74) is 0.324. The molecule has 0 radical (unpaired) electrons. The fraction of sp³-hybridized carbons (Fsp3) is 0.231. The quantitative estimate of drug-likeness (QED) is 0.517. The van der Waals surface area contributed by atoms with Crippen molar-refractivity contribution in [2.75, 3.05) is 5.32 Å². The summed E-state index contributed by atoms with van der Waals surface area (Å²) in [4.78, 5) is 22.8. The molecule has 23 heavy (non-hydrogen) atoms. The van der Waals surface area contributed by atoms with Crippen molar-refractivity contribution in [3.05, 3.63) is 48.6 Å². The number of nitro groups is 1. The first-order valence-electron chi connectivity index (χ1n) is 6.47. The minimum atomic E-state index is -0.545. The fourth-order valence-electron chi connectivity index (χ4n) is 1.97. The zero-order chi connectivity index (χ0) is 17.1. The predicted molar refractivity (Wildman–Crippen MR) is 93.7 cm³/mol. The lowest BCUT2D eigenvalue weighted by Gasteiger charge is -2.17. The summed E-state index contributed by atoms with van der Waals surface area (Å²) >= 11 is 12.3. The third-order valence-corrected chi connectivity index (χ3v) is 4.51. The SMILES string of the molecule is CCC(C(=O)Nc1c(Br)cc([N+](=O)[O-])cc1Br)n1cc(Cl)cn1. The Morgan fingerprint density at radius 3 is 2.52 bits per heavy atom. The summed E-state index contributed by atoms with van der Waals surface area (Å²) in [7, 11) is 0. The molecule has 0 spiro atoms. The number of nitrogens with one attached hydrogen (secondary N) is 1. The van der Waals surface area contributed by atoms with Crippen molar-refractivity contribution >= 4 is 60.7 Å². The molecule has 0 saturated carbocycles. The maximum atomic E-state index is 12.5. The summed E-state index contributed by atoms with van der Waals surface area (Å²) < 4.78 is 2.28. The Balaban J connectivity index is 2.27. The largest absolute Gasteiger partial charge is 0.322 e. The number of hydrogen-bond donors (Lipinski definition) is 1.